The maximum Gasteiger partial charge on any atom is 0.341 e. The highest BCUT2D eigenvalue weighted by molar-refractivity contribution is 5.90. The predicted molar refractivity (Wildman–Crippen MR) is 73.9 cm³/mol. The first-order valence-electron chi connectivity index (χ1n) is 6.51. The van der Waals surface area contributed by atoms with Crippen molar-refractivity contribution in [3.63, 3.8) is 0 Å². The Morgan fingerprint density at radius 2 is 2.25 bits per heavy atom. The third-order valence-corrected chi connectivity index (χ3v) is 2.88. The molecule has 2 rings (SSSR count). The summed E-state index contributed by atoms with van der Waals surface area (Å²) >= 11 is 0. The van der Waals surface area contributed by atoms with Crippen molar-refractivity contribution in [3.05, 3.63) is 47.5 Å². The molecule has 0 aliphatic rings. The summed E-state index contributed by atoms with van der Waals surface area (Å²) in [6, 6.07) is 5.77. The number of carbonyl (C=O) groups is 1. The number of aromatic nitrogens is 3. The van der Waals surface area contributed by atoms with Crippen LogP contribution in [0.15, 0.2) is 30.6 Å². The fourth-order valence-electron chi connectivity index (χ4n) is 1.86. The van der Waals surface area contributed by atoms with Crippen molar-refractivity contribution < 1.29 is 9.53 Å². The number of ether oxygens (including phenoxy) is 1. The van der Waals surface area contributed by atoms with E-state index >= 15 is 0 Å². The second-order valence-electron chi connectivity index (χ2n) is 4.27. The highest BCUT2D eigenvalue weighted by Gasteiger charge is 2.16. The van der Waals surface area contributed by atoms with Crippen molar-refractivity contribution in [1.82, 2.24) is 20.1 Å². The molecule has 0 aromatic carbocycles. The molecule has 0 spiro atoms. The largest absolute Gasteiger partial charge is 0.462 e. The van der Waals surface area contributed by atoms with Crippen LogP contribution in [0.4, 0.5) is 0 Å². The van der Waals surface area contributed by atoms with Gasteiger partial charge in [-0.05, 0) is 19.1 Å². The monoisotopic (exact) mass is 274 g/mol. The third-order valence-electron chi connectivity index (χ3n) is 2.88. The molecule has 106 valence electrons. The van der Waals surface area contributed by atoms with Crippen LogP contribution in [0.2, 0.25) is 0 Å². The molecule has 2 aromatic heterocycles. The molecule has 0 fully saturated rings. The van der Waals surface area contributed by atoms with Gasteiger partial charge in [0.25, 0.3) is 0 Å². The summed E-state index contributed by atoms with van der Waals surface area (Å²) in [6.45, 7) is 3.30. The van der Waals surface area contributed by atoms with E-state index in [1.165, 1.54) is 6.20 Å². The molecule has 0 bridgehead atoms. The summed E-state index contributed by atoms with van der Waals surface area (Å²) in [5.74, 6) is -0.338. The number of pyridine rings is 1. The van der Waals surface area contributed by atoms with Gasteiger partial charge in [-0.25, -0.2) is 4.79 Å². The van der Waals surface area contributed by atoms with Crippen molar-refractivity contribution in [2.24, 2.45) is 7.05 Å². The quantitative estimate of drug-likeness (QED) is 0.804. The maximum absolute atomic E-state index is 11.8. The molecule has 6 nitrogen and oxygen atoms in total. The number of nitrogens with one attached hydrogen (secondary N) is 1. The van der Waals surface area contributed by atoms with E-state index in [0.29, 0.717) is 25.3 Å². The van der Waals surface area contributed by atoms with Crippen molar-refractivity contribution in [2.75, 3.05) is 6.61 Å². The molecule has 1 N–H and O–H groups in total. The van der Waals surface area contributed by atoms with E-state index in [9.17, 15) is 4.79 Å². The number of rotatable bonds is 6. The first-order chi connectivity index (χ1) is 9.72. The Labute approximate surface area is 117 Å². The topological polar surface area (TPSA) is 69.0 Å². The molecule has 6 heteroatoms. The normalized spacial score (nSPS) is 10.5. The fraction of sp³-hybridized carbons (Fsp3) is 0.357. The number of nitrogens with zero attached hydrogens (tertiary/aromatic N) is 3. The second kappa shape index (κ2) is 6.81. The lowest BCUT2D eigenvalue weighted by Crippen LogP contribution is -2.18. The maximum atomic E-state index is 11.8. The first-order valence-corrected chi connectivity index (χ1v) is 6.51. The Kier molecular flexibility index (Phi) is 4.84. The molecule has 0 atom stereocenters. The lowest BCUT2D eigenvalue weighted by atomic mass is 10.2. The summed E-state index contributed by atoms with van der Waals surface area (Å²) in [5, 5.41) is 7.36. The first kappa shape index (κ1) is 14.2. The second-order valence-corrected chi connectivity index (χ2v) is 4.27. The Morgan fingerprint density at radius 3 is 2.95 bits per heavy atom. The number of aryl methyl sites for hydroxylation is 1. The zero-order valence-electron chi connectivity index (χ0n) is 11.7. The van der Waals surface area contributed by atoms with Crippen molar-refractivity contribution in [3.8, 4) is 0 Å². The average molecular weight is 274 g/mol. The molecule has 0 radical (unpaired) electrons. The summed E-state index contributed by atoms with van der Waals surface area (Å²) in [5.41, 5.74) is 2.26. The SMILES string of the molecule is CCOC(=O)c1cnn(C)c1CNCc1ccccn1. The zero-order valence-corrected chi connectivity index (χ0v) is 11.7. The fourth-order valence-corrected chi connectivity index (χ4v) is 1.86. The molecule has 0 aliphatic carbocycles. The van der Waals surface area contributed by atoms with E-state index in [1.807, 2.05) is 18.2 Å². The number of carbonyl (C=O) groups excluding carboxylic acids is 1. The minimum Gasteiger partial charge on any atom is -0.462 e. The van der Waals surface area contributed by atoms with Gasteiger partial charge in [-0.15, -0.1) is 0 Å². The van der Waals surface area contributed by atoms with Gasteiger partial charge in [-0.3, -0.25) is 9.67 Å². The van der Waals surface area contributed by atoms with E-state index in [-0.39, 0.29) is 5.97 Å². The van der Waals surface area contributed by atoms with Gasteiger partial charge in [0.1, 0.15) is 5.56 Å². The van der Waals surface area contributed by atoms with Gasteiger partial charge in [0.2, 0.25) is 0 Å². The van der Waals surface area contributed by atoms with Gasteiger partial charge in [-0.1, -0.05) is 6.07 Å². The average Bonchev–Trinajstić information content (AvgIpc) is 2.82. The molecule has 0 saturated heterocycles. The van der Waals surface area contributed by atoms with Gasteiger partial charge in [0.15, 0.2) is 0 Å². The number of esters is 1. The van der Waals surface area contributed by atoms with E-state index in [4.69, 9.17) is 4.74 Å². The molecule has 2 aromatic rings. The molecule has 0 amide bonds. The van der Waals surface area contributed by atoms with Gasteiger partial charge < -0.3 is 10.1 Å². The smallest absolute Gasteiger partial charge is 0.341 e. The molecule has 0 unspecified atom stereocenters. The highest BCUT2D eigenvalue weighted by Crippen LogP contribution is 2.09. The zero-order chi connectivity index (χ0) is 14.4. The van der Waals surface area contributed by atoms with Crippen LogP contribution in [0, 0.1) is 0 Å². The lowest BCUT2D eigenvalue weighted by Gasteiger charge is -2.07. The van der Waals surface area contributed by atoms with Crippen molar-refractivity contribution >= 4 is 5.97 Å². The number of hydrogen-bond acceptors (Lipinski definition) is 5. The molecule has 0 saturated carbocycles. The van der Waals surface area contributed by atoms with E-state index < -0.39 is 0 Å². The Balaban J connectivity index is 1.99. The Hall–Kier alpha value is -2.21. The molecular formula is C14H18N4O2. The molecule has 2 heterocycles. The minimum absolute atomic E-state index is 0.338. The van der Waals surface area contributed by atoms with Crippen LogP contribution in [-0.4, -0.2) is 27.3 Å². The summed E-state index contributed by atoms with van der Waals surface area (Å²) in [4.78, 5) is 16.0. The molecule has 0 aliphatic heterocycles. The van der Waals surface area contributed by atoms with Gasteiger partial charge in [0.05, 0.1) is 24.2 Å². The van der Waals surface area contributed by atoms with E-state index in [2.05, 4.69) is 15.4 Å². The summed E-state index contributed by atoms with van der Waals surface area (Å²) < 4.78 is 6.69. The van der Waals surface area contributed by atoms with Crippen LogP contribution < -0.4 is 5.32 Å². The van der Waals surface area contributed by atoms with Crippen LogP contribution in [0.3, 0.4) is 0 Å². The minimum atomic E-state index is -0.338. The van der Waals surface area contributed by atoms with Crippen LogP contribution in [0.5, 0.6) is 0 Å². The van der Waals surface area contributed by atoms with Crippen LogP contribution >= 0.6 is 0 Å². The lowest BCUT2D eigenvalue weighted by molar-refractivity contribution is 0.0524. The molecule has 20 heavy (non-hydrogen) atoms. The van der Waals surface area contributed by atoms with Crippen LogP contribution in [0.1, 0.15) is 28.7 Å². The van der Waals surface area contributed by atoms with Gasteiger partial charge >= 0.3 is 5.97 Å². The predicted octanol–water partition coefficient (Wildman–Crippen LogP) is 1.28. The van der Waals surface area contributed by atoms with E-state index in [1.54, 1.807) is 24.9 Å². The van der Waals surface area contributed by atoms with E-state index in [0.717, 1.165) is 11.4 Å². The number of hydrogen-bond donors (Lipinski definition) is 1. The van der Waals surface area contributed by atoms with Crippen molar-refractivity contribution in [1.29, 1.82) is 0 Å². The van der Waals surface area contributed by atoms with Gasteiger partial charge in [0, 0.05) is 26.3 Å². The third kappa shape index (κ3) is 3.42. The standard InChI is InChI=1S/C14H18N4O2/c1-3-20-14(19)12-9-17-18(2)13(12)10-15-8-11-6-4-5-7-16-11/h4-7,9,15H,3,8,10H2,1-2H3. The Bertz CT molecular complexity index is 566. The highest BCUT2D eigenvalue weighted by atomic mass is 16.5. The van der Waals surface area contributed by atoms with Crippen molar-refractivity contribution in [2.45, 2.75) is 20.0 Å². The summed E-state index contributed by atoms with van der Waals surface area (Å²) in [7, 11) is 1.81. The Morgan fingerprint density at radius 1 is 1.40 bits per heavy atom. The van der Waals surface area contributed by atoms with Crippen LogP contribution in [0.25, 0.3) is 0 Å². The van der Waals surface area contributed by atoms with Gasteiger partial charge in [-0.2, -0.15) is 5.10 Å². The summed E-state index contributed by atoms with van der Waals surface area (Å²) in [6.07, 6.45) is 3.29. The van der Waals surface area contributed by atoms with Crippen LogP contribution in [-0.2, 0) is 24.9 Å². The molecular weight excluding hydrogens is 256 g/mol.